The molecule has 1 fully saturated rings. The predicted octanol–water partition coefficient (Wildman–Crippen LogP) is 6.30. The number of methoxy groups -OCH3 is 2. The standard InChI is InChI=1S/C26H27Cl2N3O4S/c1-34-19-12-8-16(9-13-19)23(25(32)29-17-6-4-3-5-7-17)31(18-10-14-20(35-2)15-11-18)26(33)22-21(27)24(28)36-30-22/h8-15,17,23H,3-7H2,1-2H3,(H,29,32). The molecule has 1 N–H and O–H groups in total. The monoisotopic (exact) mass is 547 g/mol. The fourth-order valence-electron chi connectivity index (χ4n) is 4.36. The third-order valence-electron chi connectivity index (χ3n) is 6.26. The zero-order chi connectivity index (χ0) is 25.7. The summed E-state index contributed by atoms with van der Waals surface area (Å²) < 4.78 is 15.0. The van der Waals surface area contributed by atoms with Crippen LogP contribution in [0.2, 0.25) is 9.36 Å². The summed E-state index contributed by atoms with van der Waals surface area (Å²) in [6.07, 6.45) is 5.10. The van der Waals surface area contributed by atoms with Crippen molar-refractivity contribution in [2.45, 2.75) is 44.2 Å². The number of halogens is 2. The van der Waals surface area contributed by atoms with Gasteiger partial charge in [-0.1, -0.05) is 54.6 Å². The third kappa shape index (κ3) is 5.77. The number of amides is 2. The van der Waals surface area contributed by atoms with E-state index in [1.165, 1.54) is 4.90 Å². The summed E-state index contributed by atoms with van der Waals surface area (Å²) in [5.41, 5.74) is 1.10. The van der Waals surface area contributed by atoms with Crippen molar-refractivity contribution < 1.29 is 19.1 Å². The number of carbonyl (C=O) groups is 2. The lowest BCUT2D eigenvalue weighted by atomic mass is 9.94. The molecule has 1 aliphatic carbocycles. The number of benzene rings is 2. The largest absolute Gasteiger partial charge is 0.497 e. The Hall–Kier alpha value is -2.81. The summed E-state index contributed by atoms with van der Waals surface area (Å²) >= 11 is 13.4. The van der Waals surface area contributed by atoms with Gasteiger partial charge in [0, 0.05) is 11.7 Å². The topological polar surface area (TPSA) is 80.8 Å². The van der Waals surface area contributed by atoms with Crippen LogP contribution >= 0.6 is 34.7 Å². The van der Waals surface area contributed by atoms with Crippen LogP contribution in [-0.2, 0) is 4.79 Å². The Morgan fingerprint density at radius 1 is 0.972 bits per heavy atom. The highest BCUT2D eigenvalue weighted by molar-refractivity contribution is 7.11. The van der Waals surface area contributed by atoms with Crippen LogP contribution in [0.25, 0.3) is 0 Å². The normalized spacial score (nSPS) is 14.7. The smallest absolute Gasteiger partial charge is 0.280 e. The van der Waals surface area contributed by atoms with Gasteiger partial charge in [-0.25, -0.2) is 0 Å². The van der Waals surface area contributed by atoms with Crippen molar-refractivity contribution in [2.75, 3.05) is 19.1 Å². The molecule has 0 saturated heterocycles. The highest BCUT2D eigenvalue weighted by Gasteiger charge is 2.36. The summed E-state index contributed by atoms with van der Waals surface area (Å²) in [7, 11) is 3.14. The highest BCUT2D eigenvalue weighted by atomic mass is 35.5. The molecular weight excluding hydrogens is 521 g/mol. The van der Waals surface area contributed by atoms with Crippen LogP contribution in [0.3, 0.4) is 0 Å². The van der Waals surface area contributed by atoms with Crippen LogP contribution in [0.4, 0.5) is 5.69 Å². The number of nitrogens with one attached hydrogen (secondary N) is 1. The highest BCUT2D eigenvalue weighted by Crippen LogP contribution is 2.36. The molecule has 1 aromatic heterocycles. The molecule has 190 valence electrons. The van der Waals surface area contributed by atoms with Gasteiger partial charge in [0.1, 0.15) is 26.9 Å². The molecule has 2 aromatic carbocycles. The van der Waals surface area contributed by atoms with E-state index in [0.717, 1.165) is 43.6 Å². The lowest BCUT2D eigenvalue weighted by Crippen LogP contribution is -2.47. The maximum absolute atomic E-state index is 14.0. The Morgan fingerprint density at radius 3 is 2.08 bits per heavy atom. The van der Waals surface area contributed by atoms with Gasteiger partial charge in [0.15, 0.2) is 5.69 Å². The van der Waals surface area contributed by atoms with Crippen LogP contribution < -0.4 is 19.7 Å². The van der Waals surface area contributed by atoms with Crippen molar-refractivity contribution in [3.05, 3.63) is 69.1 Å². The molecule has 1 aliphatic rings. The van der Waals surface area contributed by atoms with E-state index in [9.17, 15) is 9.59 Å². The van der Waals surface area contributed by atoms with Crippen LogP contribution in [0, 0.1) is 0 Å². The molecule has 2 amide bonds. The Labute approximate surface area is 224 Å². The summed E-state index contributed by atoms with van der Waals surface area (Å²) in [6.45, 7) is 0. The van der Waals surface area contributed by atoms with Crippen molar-refractivity contribution >= 4 is 52.2 Å². The van der Waals surface area contributed by atoms with E-state index in [2.05, 4.69) is 9.69 Å². The SMILES string of the molecule is COc1ccc(C(C(=O)NC2CCCCC2)N(C(=O)c2nsc(Cl)c2Cl)c2ccc(OC)cc2)cc1. The first-order valence-electron chi connectivity index (χ1n) is 11.7. The molecule has 0 radical (unpaired) electrons. The van der Waals surface area contributed by atoms with Crippen molar-refractivity contribution in [2.24, 2.45) is 0 Å². The van der Waals surface area contributed by atoms with E-state index in [1.807, 2.05) is 0 Å². The van der Waals surface area contributed by atoms with Crippen LogP contribution in [0.15, 0.2) is 48.5 Å². The molecule has 36 heavy (non-hydrogen) atoms. The molecular formula is C26H27Cl2N3O4S. The number of hydrogen-bond acceptors (Lipinski definition) is 6. The average Bonchev–Trinajstić information content (AvgIpc) is 3.25. The number of anilines is 1. The fraction of sp³-hybridized carbons (Fsp3) is 0.346. The number of nitrogens with zero attached hydrogens (tertiary/aromatic N) is 2. The maximum atomic E-state index is 14.0. The Kier molecular flexibility index (Phi) is 8.72. The van der Waals surface area contributed by atoms with Crippen molar-refractivity contribution in [1.29, 1.82) is 0 Å². The fourth-order valence-corrected chi connectivity index (χ4v) is 5.35. The van der Waals surface area contributed by atoms with Gasteiger partial charge in [-0.3, -0.25) is 14.5 Å². The van der Waals surface area contributed by atoms with Gasteiger partial charge < -0.3 is 14.8 Å². The lowest BCUT2D eigenvalue weighted by molar-refractivity contribution is -0.123. The predicted molar refractivity (Wildman–Crippen MR) is 143 cm³/mol. The minimum Gasteiger partial charge on any atom is -0.497 e. The van der Waals surface area contributed by atoms with Gasteiger partial charge in [-0.2, -0.15) is 4.37 Å². The molecule has 0 spiro atoms. The van der Waals surface area contributed by atoms with E-state index in [4.69, 9.17) is 32.7 Å². The zero-order valence-corrected chi connectivity index (χ0v) is 22.3. The molecule has 7 nitrogen and oxygen atoms in total. The maximum Gasteiger partial charge on any atom is 0.280 e. The van der Waals surface area contributed by atoms with Gasteiger partial charge in [0.2, 0.25) is 5.91 Å². The first-order valence-corrected chi connectivity index (χ1v) is 13.2. The number of hydrogen-bond donors (Lipinski definition) is 1. The lowest BCUT2D eigenvalue weighted by Gasteiger charge is -2.33. The molecule has 1 atom stereocenters. The first-order chi connectivity index (χ1) is 17.4. The number of aromatic nitrogens is 1. The summed E-state index contributed by atoms with van der Waals surface area (Å²) in [6, 6.07) is 13.1. The van der Waals surface area contributed by atoms with Gasteiger partial charge in [0.25, 0.3) is 5.91 Å². The van der Waals surface area contributed by atoms with Gasteiger partial charge in [-0.05, 0) is 66.3 Å². The van der Waals surface area contributed by atoms with Crippen molar-refractivity contribution in [3.63, 3.8) is 0 Å². The molecule has 1 heterocycles. The van der Waals surface area contributed by atoms with Crippen LogP contribution in [0.5, 0.6) is 11.5 Å². The summed E-state index contributed by atoms with van der Waals surface area (Å²) in [5.74, 6) is 0.442. The van der Waals surface area contributed by atoms with E-state index in [1.54, 1.807) is 62.8 Å². The minimum absolute atomic E-state index is 0.00790. The third-order valence-corrected chi connectivity index (χ3v) is 7.87. The summed E-state index contributed by atoms with van der Waals surface area (Å²) in [4.78, 5) is 29.3. The number of ether oxygens (including phenoxy) is 2. The van der Waals surface area contributed by atoms with Crippen LogP contribution in [0.1, 0.15) is 54.2 Å². The van der Waals surface area contributed by atoms with Crippen molar-refractivity contribution in [3.8, 4) is 11.5 Å². The van der Waals surface area contributed by atoms with Crippen molar-refractivity contribution in [1.82, 2.24) is 9.69 Å². The second-order valence-electron chi connectivity index (χ2n) is 8.51. The molecule has 1 unspecified atom stereocenters. The van der Waals surface area contributed by atoms with Gasteiger partial charge in [-0.15, -0.1) is 0 Å². The van der Waals surface area contributed by atoms with Gasteiger partial charge in [0.05, 0.1) is 14.2 Å². The zero-order valence-electron chi connectivity index (χ0n) is 20.0. The van der Waals surface area contributed by atoms with E-state index in [0.29, 0.717) is 22.7 Å². The minimum atomic E-state index is -0.990. The Balaban J connectivity index is 1.81. The molecule has 1 saturated carbocycles. The number of carbonyl (C=O) groups excluding carboxylic acids is 2. The molecule has 4 rings (SSSR count). The van der Waals surface area contributed by atoms with E-state index in [-0.39, 0.29) is 27.0 Å². The quantitative estimate of drug-likeness (QED) is 0.357. The molecule has 3 aromatic rings. The number of rotatable bonds is 8. The van der Waals surface area contributed by atoms with E-state index < -0.39 is 11.9 Å². The molecule has 0 aliphatic heterocycles. The molecule has 0 bridgehead atoms. The molecule has 10 heteroatoms. The van der Waals surface area contributed by atoms with Crippen LogP contribution in [-0.4, -0.2) is 36.4 Å². The average molecular weight is 548 g/mol. The summed E-state index contributed by atoms with van der Waals surface area (Å²) in [5, 5.41) is 3.24. The Bertz CT molecular complexity index is 1190. The Morgan fingerprint density at radius 2 is 1.56 bits per heavy atom. The second kappa shape index (κ2) is 12.0. The second-order valence-corrected chi connectivity index (χ2v) is 10.3. The van der Waals surface area contributed by atoms with Gasteiger partial charge >= 0.3 is 0 Å². The first kappa shape index (κ1) is 26.3. The van der Waals surface area contributed by atoms with E-state index >= 15 is 0 Å².